The molecule has 208 valence electrons. The minimum absolute atomic E-state index is 0.974. The highest BCUT2D eigenvalue weighted by atomic mass is 14.1. The van der Waals surface area contributed by atoms with Crippen LogP contribution in [0.2, 0.25) is 0 Å². The SMILES string of the molecule is CCCCCCCCC(C)CCCCCCCC.CCCCCCCCCCCCCCCC. The smallest absolute Gasteiger partial charge is 0.0443 e. The molecule has 0 amide bonds. The van der Waals surface area contributed by atoms with Gasteiger partial charge in [-0.05, 0) is 5.92 Å². The summed E-state index contributed by atoms with van der Waals surface area (Å²) >= 11 is 0. The third kappa shape index (κ3) is 36.6. The molecule has 0 heteroatoms. The largest absolute Gasteiger partial charge is 0.0654 e. The summed E-state index contributed by atoms with van der Waals surface area (Å²) in [6.45, 7) is 11.6. The number of hydrogen-bond donors (Lipinski definition) is 0. The molecule has 0 nitrogen and oxygen atoms in total. The summed E-state index contributed by atoms with van der Waals surface area (Å²) in [5, 5.41) is 0. The van der Waals surface area contributed by atoms with Gasteiger partial charge in [0, 0.05) is 0 Å². The minimum atomic E-state index is 0.974. The Bertz CT molecular complexity index is 277. The molecule has 0 aliphatic heterocycles. The van der Waals surface area contributed by atoms with E-state index < -0.39 is 0 Å². The van der Waals surface area contributed by atoms with Gasteiger partial charge in [-0.2, -0.15) is 0 Å². The molecule has 0 saturated carbocycles. The fraction of sp³-hybridized carbons (Fsp3) is 1.00. The molecule has 0 aliphatic rings. The Morgan fingerprint density at radius 3 is 0.647 bits per heavy atom. The molecular weight excluding hydrogens is 408 g/mol. The van der Waals surface area contributed by atoms with Crippen molar-refractivity contribution in [2.24, 2.45) is 5.92 Å². The van der Waals surface area contributed by atoms with Crippen molar-refractivity contribution in [3.05, 3.63) is 0 Å². The summed E-state index contributed by atoms with van der Waals surface area (Å²) in [6.07, 6.45) is 40.7. The zero-order valence-corrected chi connectivity index (χ0v) is 25.4. The standard InChI is InChI=1S/C18H38.C16H34/c1-4-6-8-10-12-14-16-18(3)17-15-13-11-9-7-5-2;1-3-5-7-9-11-13-15-16-14-12-10-8-6-4-2/h18H,4-17H2,1-3H3;3-16H2,1-2H3. The molecule has 0 saturated heterocycles. The van der Waals surface area contributed by atoms with Crippen molar-refractivity contribution in [1.29, 1.82) is 0 Å². The van der Waals surface area contributed by atoms with Gasteiger partial charge in [0.15, 0.2) is 0 Å². The first-order valence-corrected chi connectivity index (χ1v) is 16.7. The summed E-state index contributed by atoms with van der Waals surface area (Å²) in [5.41, 5.74) is 0. The van der Waals surface area contributed by atoms with Gasteiger partial charge in [0.1, 0.15) is 0 Å². The molecule has 0 aromatic rings. The lowest BCUT2D eigenvalue weighted by Gasteiger charge is -2.10. The van der Waals surface area contributed by atoms with E-state index in [0.717, 1.165) is 5.92 Å². The maximum Gasteiger partial charge on any atom is -0.0443 e. The van der Waals surface area contributed by atoms with E-state index in [-0.39, 0.29) is 0 Å². The van der Waals surface area contributed by atoms with Crippen LogP contribution in [0.4, 0.5) is 0 Å². The maximum absolute atomic E-state index is 2.46. The van der Waals surface area contributed by atoms with Crippen LogP contribution in [-0.4, -0.2) is 0 Å². The first-order chi connectivity index (χ1) is 16.7. The second-order valence-corrected chi connectivity index (χ2v) is 11.5. The van der Waals surface area contributed by atoms with Crippen molar-refractivity contribution >= 4 is 0 Å². The van der Waals surface area contributed by atoms with Crippen molar-refractivity contribution in [2.45, 2.75) is 214 Å². The van der Waals surface area contributed by atoms with E-state index in [1.165, 1.54) is 180 Å². The van der Waals surface area contributed by atoms with Gasteiger partial charge in [-0.3, -0.25) is 0 Å². The molecule has 0 N–H and O–H groups in total. The summed E-state index contributed by atoms with van der Waals surface area (Å²) in [5.74, 6) is 0.974. The Hall–Kier alpha value is 0. The lowest BCUT2D eigenvalue weighted by atomic mass is 9.96. The van der Waals surface area contributed by atoms with E-state index in [1.54, 1.807) is 0 Å². The van der Waals surface area contributed by atoms with Gasteiger partial charge in [0.25, 0.3) is 0 Å². The lowest BCUT2D eigenvalue weighted by Crippen LogP contribution is -1.95. The minimum Gasteiger partial charge on any atom is -0.0654 e. The average Bonchev–Trinajstić information content (AvgIpc) is 2.84. The van der Waals surface area contributed by atoms with Gasteiger partial charge < -0.3 is 0 Å². The molecule has 0 atom stereocenters. The summed E-state index contributed by atoms with van der Waals surface area (Å²) in [6, 6.07) is 0. The first-order valence-electron chi connectivity index (χ1n) is 16.7. The Labute approximate surface area is 220 Å². The number of hydrogen-bond acceptors (Lipinski definition) is 0. The van der Waals surface area contributed by atoms with E-state index in [1.807, 2.05) is 0 Å². The van der Waals surface area contributed by atoms with Crippen LogP contribution in [0.3, 0.4) is 0 Å². The maximum atomic E-state index is 2.46. The van der Waals surface area contributed by atoms with Crippen LogP contribution >= 0.6 is 0 Å². The fourth-order valence-corrected chi connectivity index (χ4v) is 4.96. The van der Waals surface area contributed by atoms with Gasteiger partial charge in [0.2, 0.25) is 0 Å². The molecule has 0 heterocycles. The van der Waals surface area contributed by atoms with Crippen LogP contribution in [0, 0.1) is 5.92 Å². The van der Waals surface area contributed by atoms with E-state index in [9.17, 15) is 0 Å². The monoisotopic (exact) mass is 481 g/mol. The Morgan fingerprint density at radius 1 is 0.265 bits per heavy atom. The van der Waals surface area contributed by atoms with Gasteiger partial charge in [0.05, 0.1) is 0 Å². The Morgan fingerprint density at radius 2 is 0.441 bits per heavy atom. The Kier molecular flexibility index (Phi) is 37.4. The van der Waals surface area contributed by atoms with E-state index in [4.69, 9.17) is 0 Å². The van der Waals surface area contributed by atoms with E-state index in [0.29, 0.717) is 0 Å². The zero-order valence-electron chi connectivity index (χ0n) is 25.4. The molecule has 34 heavy (non-hydrogen) atoms. The lowest BCUT2D eigenvalue weighted by molar-refractivity contribution is 0.431. The third-order valence-corrected chi connectivity index (χ3v) is 7.56. The molecule has 0 spiro atoms. The van der Waals surface area contributed by atoms with Crippen molar-refractivity contribution in [3.63, 3.8) is 0 Å². The fourth-order valence-electron chi connectivity index (χ4n) is 4.96. The van der Waals surface area contributed by atoms with E-state index in [2.05, 4.69) is 34.6 Å². The van der Waals surface area contributed by atoms with Gasteiger partial charge in [-0.1, -0.05) is 214 Å². The highest BCUT2D eigenvalue weighted by Gasteiger charge is 2.02. The molecule has 0 rings (SSSR count). The number of rotatable bonds is 27. The highest BCUT2D eigenvalue weighted by Crippen LogP contribution is 2.18. The van der Waals surface area contributed by atoms with Crippen LogP contribution < -0.4 is 0 Å². The van der Waals surface area contributed by atoms with Gasteiger partial charge in [-0.25, -0.2) is 0 Å². The van der Waals surface area contributed by atoms with Crippen LogP contribution in [0.15, 0.2) is 0 Å². The predicted octanol–water partition coefficient (Wildman–Crippen LogP) is 13.6. The average molecular weight is 481 g/mol. The second-order valence-electron chi connectivity index (χ2n) is 11.5. The molecule has 0 aromatic carbocycles. The van der Waals surface area contributed by atoms with Crippen LogP contribution in [-0.2, 0) is 0 Å². The molecule has 0 aliphatic carbocycles. The van der Waals surface area contributed by atoms with Crippen LogP contribution in [0.1, 0.15) is 214 Å². The van der Waals surface area contributed by atoms with E-state index >= 15 is 0 Å². The first kappa shape index (κ1) is 36.2. The normalized spacial score (nSPS) is 11.1. The molecule has 0 unspecified atom stereocenters. The third-order valence-electron chi connectivity index (χ3n) is 7.56. The summed E-state index contributed by atoms with van der Waals surface area (Å²) in [7, 11) is 0. The Balaban J connectivity index is 0. The zero-order chi connectivity index (χ0) is 25.4. The molecule has 0 bridgehead atoms. The topological polar surface area (TPSA) is 0 Å². The molecule has 0 aromatic heterocycles. The van der Waals surface area contributed by atoms with Crippen LogP contribution in [0.5, 0.6) is 0 Å². The second kappa shape index (κ2) is 35.2. The summed E-state index contributed by atoms with van der Waals surface area (Å²) in [4.78, 5) is 0. The molecule has 0 fully saturated rings. The summed E-state index contributed by atoms with van der Waals surface area (Å²) < 4.78 is 0. The van der Waals surface area contributed by atoms with Crippen molar-refractivity contribution in [2.75, 3.05) is 0 Å². The van der Waals surface area contributed by atoms with Crippen molar-refractivity contribution in [1.82, 2.24) is 0 Å². The number of unbranched alkanes of at least 4 members (excludes halogenated alkanes) is 23. The van der Waals surface area contributed by atoms with Gasteiger partial charge >= 0.3 is 0 Å². The molecular formula is C34H72. The van der Waals surface area contributed by atoms with Crippen molar-refractivity contribution in [3.8, 4) is 0 Å². The molecule has 0 radical (unpaired) electrons. The predicted molar refractivity (Wildman–Crippen MR) is 161 cm³/mol. The highest BCUT2D eigenvalue weighted by molar-refractivity contribution is 4.55. The quantitative estimate of drug-likeness (QED) is 0.102. The van der Waals surface area contributed by atoms with Crippen LogP contribution in [0.25, 0.3) is 0 Å². The van der Waals surface area contributed by atoms with Crippen molar-refractivity contribution < 1.29 is 0 Å². The van der Waals surface area contributed by atoms with Gasteiger partial charge in [-0.15, -0.1) is 0 Å².